The van der Waals surface area contributed by atoms with E-state index in [0.29, 0.717) is 24.2 Å². The smallest absolute Gasteiger partial charge is 0.232 e. The minimum atomic E-state index is 0.125. The third kappa shape index (κ3) is 1.65. The second-order valence-electron chi connectivity index (χ2n) is 2.45. The van der Waals surface area contributed by atoms with Crippen molar-refractivity contribution in [3.8, 4) is 5.88 Å². The summed E-state index contributed by atoms with van der Waals surface area (Å²) in [7, 11) is 0. The topological polar surface area (TPSA) is 44.2 Å². The van der Waals surface area contributed by atoms with Gasteiger partial charge in [-0.05, 0) is 0 Å². The van der Waals surface area contributed by atoms with E-state index in [0.717, 1.165) is 0 Å². The molecule has 2 rings (SSSR count). The zero-order chi connectivity index (χ0) is 8.39. The van der Waals surface area contributed by atoms with Crippen molar-refractivity contribution in [3.05, 3.63) is 17.5 Å². The molecule has 0 atom stereocenters. The fourth-order valence-corrected chi connectivity index (χ4v) is 0.912. The van der Waals surface area contributed by atoms with Crippen molar-refractivity contribution in [2.75, 3.05) is 13.2 Å². The molecule has 0 radical (unpaired) electrons. The maximum absolute atomic E-state index is 5.54. The molecule has 1 saturated heterocycles. The number of nitrogens with zero attached hydrogens (tertiary/aromatic N) is 2. The summed E-state index contributed by atoms with van der Waals surface area (Å²) in [5.74, 6) is 0.493. The molecular weight excluding hydrogens is 180 g/mol. The first-order valence-corrected chi connectivity index (χ1v) is 3.94. The molecule has 12 heavy (non-hydrogen) atoms. The summed E-state index contributed by atoms with van der Waals surface area (Å²) in [5.41, 5.74) is 0. The SMILES string of the molecule is Clc1cnc(OC2COC2)cn1. The van der Waals surface area contributed by atoms with E-state index in [1.165, 1.54) is 12.4 Å². The normalized spacial score (nSPS) is 17.1. The van der Waals surface area contributed by atoms with Crippen LogP contribution in [-0.4, -0.2) is 29.3 Å². The number of ether oxygens (including phenoxy) is 2. The fourth-order valence-electron chi connectivity index (χ4n) is 0.814. The van der Waals surface area contributed by atoms with Gasteiger partial charge in [0.2, 0.25) is 5.88 Å². The summed E-state index contributed by atoms with van der Waals surface area (Å²) >= 11 is 5.54. The van der Waals surface area contributed by atoms with E-state index < -0.39 is 0 Å². The largest absolute Gasteiger partial charge is 0.468 e. The summed E-state index contributed by atoms with van der Waals surface area (Å²) in [6.45, 7) is 1.26. The maximum Gasteiger partial charge on any atom is 0.232 e. The molecule has 5 heteroatoms. The van der Waals surface area contributed by atoms with Crippen molar-refractivity contribution >= 4 is 11.6 Å². The molecule has 0 saturated carbocycles. The van der Waals surface area contributed by atoms with Crippen LogP contribution >= 0.6 is 11.6 Å². The molecule has 0 unspecified atom stereocenters. The molecule has 1 aliphatic rings. The summed E-state index contributed by atoms with van der Waals surface area (Å²) in [6, 6.07) is 0. The third-order valence-corrected chi connectivity index (χ3v) is 1.69. The van der Waals surface area contributed by atoms with Gasteiger partial charge in [-0.1, -0.05) is 11.6 Å². The molecule has 0 bridgehead atoms. The van der Waals surface area contributed by atoms with Gasteiger partial charge in [0.15, 0.2) is 0 Å². The molecule has 2 heterocycles. The van der Waals surface area contributed by atoms with Gasteiger partial charge in [0, 0.05) is 0 Å². The predicted molar refractivity (Wildman–Crippen MR) is 42.3 cm³/mol. The van der Waals surface area contributed by atoms with Crippen molar-refractivity contribution in [2.24, 2.45) is 0 Å². The van der Waals surface area contributed by atoms with Gasteiger partial charge in [0.25, 0.3) is 0 Å². The van der Waals surface area contributed by atoms with Crippen molar-refractivity contribution < 1.29 is 9.47 Å². The van der Waals surface area contributed by atoms with Crippen molar-refractivity contribution in [3.63, 3.8) is 0 Å². The van der Waals surface area contributed by atoms with Gasteiger partial charge in [0.1, 0.15) is 11.3 Å². The summed E-state index contributed by atoms with van der Waals surface area (Å²) in [5, 5.41) is 0.368. The van der Waals surface area contributed by atoms with Crippen LogP contribution in [0.15, 0.2) is 12.4 Å². The molecule has 1 aliphatic heterocycles. The van der Waals surface area contributed by atoms with Crippen molar-refractivity contribution in [2.45, 2.75) is 6.10 Å². The van der Waals surface area contributed by atoms with Crippen molar-refractivity contribution in [1.29, 1.82) is 0 Å². The van der Waals surface area contributed by atoms with Crippen LogP contribution in [0.2, 0.25) is 5.15 Å². The van der Waals surface area contributed by atoms with E-state index in [4.69, 9.17) is 21.1 Å². The Morgan fingerprint density at radius 1 is 1.42 bits per heavy atom. The second-order valence-corrected chi connectivity index (χ2v) is 2.84. The Labute approximate surface area is 74.5 Å². The fraction of sp³-hybridized carbons (Fsp3) is 0.429. The Hall–Kier alpha value is -0.870. The lowest BCUT2D eigenvalue weighted by Gasteiger charge is -2.25. The Morgan fingerprint density at radius 3 is 2.75 bits per heavy atom. The van der Waals surface area contributed by atoms with Gasteiger partial charge < -0.3 is 9.47 Å². The Balaban J connectivity index is 1.98. The van der Waals surface area contributed by atoms with E-state index in [-0.39, 0.29) is 6.10 Å². The minimum absolute atomic E-state index is 0.125. The standard InChI is InChI=1S/C7H7ClN2O2/c8-6-1-10-7(2-9-6)12-5-3-11-4-5/h1-2,5H,3-4H2. The van der Waals surface area contributed by atoms with Gasteiger partial charge >= 0.3 is 0 Å². The predicted octanol–water partition coefficient (Wildman–Crippen LogP) is 0.908. The molecule has 64 valence electrons. The number of rotatable bonds is 2. The third-order valence-electron chi connectivity index (χ3n) is 1.49. The number of halogens is 1. The molecular formula is C7H7ClN2O2. The van der Waals surface area contributed by atoms with Gasteiger partial charge in [-0.3, -0.25) is 0 Å². The quantitative estimate of drug-likeness (QED) is 0.689. The summed E-state index contributed by atoms with van der Waals surface area (Å²) < 4.78 is 10.3. The highest BCUT2D eigenvalue weighted by atomic mass is 35.5. The van der Waals surface area contributed by atoms with E-state index >= 15 is 0 Å². The minimum Gasteiger partial charge on any atom is -0.468 e. The van der Waals surface area contributed by atoms with Gasteiger partial charge in [-0.2, -0.15) is 0 Å². The van der Waals surface area contributed by atoms with E-state index in [9.17, 15) is 0 Å². The molecule has 0 amide bonds. The molecule has 0 aromatic carbocycles. The first kappa shape index (κ1) is 7.76. The first-order valence-electron chi connectivity index (χ1n) is 3.56. The lowest BCUT2D eigenvalue weighted by atomic mass is 10.3. The molecule has 1 fully saturated rings. The maximum atomic E-state index is 5.54. The number of hydrogen-bond donors (Lipinski definition) is 0. The zero-order valence-corrected chi connectivity index (χ0v) is 6.99. The van der Waals surface area contributed by atoms with Crippen LogP contribution in [-0.2, 0) is 4.74 Å². The second kappa shape index (κ2) is 3.25. The average molecular weight is 187 g/mol. The molecule has 4 nitrogen and oxygen atoms in total. The van der Waals surface area contributed by atoms with Gasteiger partial charge in [-0.25, -0.2) is 9.97 Å². The van der Waals surface area contributed by atoms with Crippen LogP contribution in [0.25, 0.3) is 0 Å². The average Bonchev–Trinajstić information content (AvgIpc) is 2.00. The summed E-state index contributed by atoms with van der Waals surface area (Å²) in [4.78, 5) is 7.76. The van der Waals surface area contributed by atoms with E-state index in [2.05, 4.69) is 9.97 Å². The lowest BCUT2D eigenvalue weighted by molar-refractivity contribution is -0.0814. The monoisotopic (exact) mass is 186 g/mol. The van der Waals surface area contributed by atoms with Crippen LogP contribution in [0.4, 0.5) is 0 Å². The van der Waals surface area contributed by atoms with Crippen LogP contribution < -0.4 is 4.74 Å². The lowest BCUT2D eigenvalue weighted by Crippen LogP contribution is -2.38. The molecule has 1 aromatic rings. The van der Waals surface area contributed by atoms with Crippen LogP contribution in [0, 0.1) is 0 Å². The Kier molecular flexibility index (Phi) is 2.10. The highest BCUT2D eigenvalue weighted by Gasteiger charge is 2.20. The van der Waals surface area contributed by atoms with Gasteiger partial charge in [-0.15, -0.1) is 0 Å². The molecule has 0 spiro atoms. The van der Waals surface area contributed by atoms with Crippen molar-refractivity contribution in [1.82, 2.24) is 9.97 Å². The molecule has 0 aliphatic carbocycles. The van der Waals surface area contributed by atoms with Crippen LogP contribution in [0.1, 0.15) is 0 Å². The van der Waals surface area contributed by atoms with E-state index in [1.54, 1.807) is 0 Å². The Morgan fingerprint density at radius 2 is 2.25 bits per heavy atom. The molecule has 1 aromatic heterocycles. The van der Waals surface area contributed by atoms with E-state index in [1.807, 2.05) is 0 Å². The number of hydrogen-bond acceptors (Lipinski definition) is 4. The highest BCUT2D eigenvalue weighted by Crippen LogP contribution is 2.12. The van der Waals surface area contributed by atoms with Gasteiger partial charge in [0.05, 0.1) is 25.6 Å². The zero-order valence-electron chi connectivity index (χ0n) is 6.24. The number of aromatic nitrogens is 2. The van der Waals surface area contributed by atoms with Crippen LogP contribution in [0.3, 0.4) is 0 Å². The highest BCUT2D eigenvalue weighted by molar-refractivity contribution is 6.29. The summed E-state index contributed by atoms with van der Waals surface area (Å²) in [6.07, 6.45) is 3.08. The first-order chi connectivity index (χ1) is 5.84. The Bertz CT molecular complexity index is 261. The van der Waals surface area contributed by atoms with Crippen LogP contribution in [0.5, 0.6) is 5.88 Å². The molecule has 0 N–H and O–H groups in total.